The Balaban J connectivity index is 2.68. The first-order valence-electron chi connectivity index (χ1n) is 5.94. The molecule has 6 heteroatoms. The van der Waals surface area contributed by atoms with E-state index in [-0.39, 0.29) is 11.6 Å². The molecule has 0 spiro atoms. The van der Waals surface area contributed by atoms with Gasteiger partial charge in [-0.2, -0.15) is 12.6 Å². The van der Waals surface area contributed by atoms with Crippen molar-refractivity contribution in [3.05, 3.63) is 29.8 Å². The molecule has 1 aromatic rings. The Morgan fingerprint density at radius 2 is 2.00 bits per heavy atom. The SMILES string of the molecule is CN(C)c1ccc(C/C(=N\O)C(=O)NCCS)cc1. The number of carbonyl (C=O) groups excluding carboxylic acids is 1. The number of hydrogen-bond acceptors (Lipinski definition) is 5. The van der Waals surface area contributed by atoms with Crippen LogP contribution in [0.25, 0.3) is 0 Å². The molecular formula is C13H19N3O2S. The van der Waals surface area contributed by atoms with Gasteiger partial charge in [0.15, 0.2) is 0 Å². The third-order valence-corrected chi connectivity index (χ3v) is 2.83. The fraction of sp³-hybridized carbons (Fsp3) is 0.385. The van der Waals surface area contributed by atoms with Crippen molar-refractivity contribution in [1.82, 2.24) is 5.32 Å². The highest BCUT2D eigenvalue weighted by Gasteiger charge is 2.12. The normalized spacial score (nSPS) is 11.2. The average molecular weight is 281 g/mol. The Morgan fingerprint density at radius 3 is 2.47 bits per heavy atom. The molecular weight excluding hydrogens is 262 g/mol. The van der Waals surface area contributed by atoms with Gasteiger partial charge >= 0.3 is 0 Å². The molecule has 1 aromatic carbocycles. The molecule has 0 aliphatic heterocycles. The molecule has 0 aliphatic carbocycles. The number of nitrogens with zero attached hydrogens (tertiary/aromatic N) is 2. The second kappa shape index (κ2) is 7.68. The van der Waals surface area contributed by atoms with Crippen LogP contribution in [-0.2, 0) is 11.2 Å². The van der Waals surface area contributed by atoms with Crippen molar-refractivity contribution >= 4 is 29.9 Å². The molecule has 0 saturated carbocycles. The van der Waals surface area contributed by atoms with Crippen molar-refractivity contribution in [3.63, 3.8) is 0 Å². The molecule has 0 bridgehead atoms. The van der Waals surface area contributed by atoms with Crippen molar-refractivity contribution in [1.29, 1.82) is 0 Å². The summed E-state index contributed by atoms with van der Waals surface area (Å²) in [5, 5.41) is 14.6. The van der Waals surface area contributed by atoms with Gasteiger partial charge in [-0.25, -0.2) is 0 Å². The van der Waals surface area contributed by atoms with Gasteiger partial charge in [0.25, 0.3) is 5.91 Å². The molecule has 0 fully saturated rings. The van der Waals surface area contributed by atoms with E-state index in [0.717, 1.165) is 11.3 Å². The van der Waals surface area contributed by atoms with Crippen LogP contribution in [0.4, 0.5) is 5.69 Å². The molecule has 0 aromatic heterocycles. The lowest BCUT2D eigenvalue weighted by atomic mass is 10.1. The number of oxime groups is 1. The monoisotopic (exact) mass is 281 g/mol. The lowest BCUT2D eigenvalue weighted by Crippen LogP contribution is -2.33. The van der Waals surface area contributed by atoms with Crippen LogP contribution in [0.1, 0.15) is 5.56 Å². The van der Waals surface area contributed by atoms with Crippen molar-refractivity contribution < 1.29 is 10.0 Å². The number of rotatable bonds is 6. The van der Waals surface area contributed by atoms with Crippen LogP contribution in [0.3, 0.4) is 0 Å². The summed E-state index contributed by atoms with van der Waals surface area (Å²) in [4.78, 5) is 13.7. The molecule has 1 amide bonds. The molecule has 0 atom stereocenters. The van der Waals surface area contributed by atoms with Crippen LogP contribution in [0.5, 0.6) is 0 Å². The minimum Gasteiger partial charge on any atom is -0.410 e. The molecule has 19 heavy (non-hydrogen) atoms. The Hall–Kier alpha value is -1.69. The number of anilines is 1. The number of benzene rings is 1. The number of carbonyl (C=O) groups is 1. The van der Waals surface area contributed by atoms with Crippen LogP contribution < -0.4 is 10.2 Å². The Labute approximate surface area is 118 Å². The Kier molecular flexibility index (Phi) is 6.21. The number of hydrogen-bond donors (Lipinski definition) is 3. The van der Waals surface area contributed by atoms with E-state index in [2.05, 4.69) is 23.1 Å². The zero-order valence-electron chi connectivity index (χ0n) is 11.1. The smallest absolute Gasteiger partial charge is 0.269 e. The maximum Gasteiger partial charge on any atom is 0.269 e. The van der Waals surface area contributed by atoms with Gasteiger partial charge in [0.2, 0.25) is 0 Å². The number of nitrogens with one attached hydrogen (secondary N) is 1. The molecule has 104 valence electrons. The zero-order valence-corrected chi connectivity index (χ0v) is 12.0. The lowest BCUT2D eigenvalue weighted by Gasteiger charge is -2.12. The standard InChI is InChI=1S/C13H19N3O2S/c1-16(2)11-5-3-10(4-6-11)9-12(15-18)13(17)14-7-8-19/h3-6,18-19H,7-9H2,1-2H3,(H,14,17)/b15-12+. The van der Waals surface area contributed by atoms with Crippen LogP contribution in [0.2, 0.25) is 0 Å². The van der Waals surface area contributed by atoms with E-state index in [1.54, 1.807) is 0 Å². The summed E-state index contributed by atoms with van der Waals surface area (Å²) >= 11 is 4.00. The predicted octanol–water partition coefficient (Wildman–Crippen LogP) is 1.17. The van der Waals surface area contributed by atoms with Gasteiger partial charge in [0.05, 0.1) is 0 Å². The quantitative estimate of drug-likeness (QED) is 0.317. The first-order chi connectivity index (χ1) is 9.08. The van der Waals surface area contributed by atoms with E-state index < -0.39 is 0 Å². The lowest BCUT2D eigenvalue weighted by molar-refractivity contribution is -0.114. The summed E-state index contributed by atoms with van der Waals surface area (Å²) in [5.74, 6) is 0.176. The maximum absolute atomic E-state index is 11.7. The second-order valence-electron chi connectivity index (χ2n) is 4.26. The van der Waals surface area contributed by atoms with Gasteiger partial charge in [-0.15, -0.1) is 0 Å². The van der Waals surface area contributed by atoms with Gasteiger partial charge in [0.1, 0.15) is 5.71 Å². The predicted molar refractivity (Wildman–Crippen MR) is 80.6 cm³/mol. The minimum atomic E-state index is -0.367. The van der Waals surface area contributed by atoms with Crippen LogP contribution >= 0.6 is 12.6 Å². The first-order valence-corrected chi connectivity index (χ1v) is 6.58. The topological polar surface area (TPSA) is 64.9 Å². The first kappa shape index (κ1) is 15.4. The average Bonchev–Trinajstić information content (AvgIpc) is 2.42. The molecule has 0 saturated heterocycles. The maximum atomic E-state index is 11.7. The zero-order chi connectivity index (χ0) is 14.3. The Morgan fingerprint density at radius 1 is 1.37 bits per heavy atom. The van der Waals surface area contributed by atoms with Crippen molar-refractivity contribution in [2.75, 3.05) is 31.3 Å². The van der Waals surface area contributed by atoms with E-state index in [1.165, 1.54) is 0 Å². The summed E-state index contributed by atoms with van der Waals surface area (Å²) < 4.78 is 0. The van der Waals surface area contributed by atoms with E-state index in [1.807, 2.05) is 43.3 Å². The van der Waals surface area contributed by atoms with E-state index in [4.69, 9.17) is 5.21 Å². The summed E-state index contributed by atoms with van der Waals surface area (Å²) in [6, 6.07) is 7.73. The molecule has 2 N–H and O–H groups in total. The highest BCUT2D eigenvalue weighted by molar-refractivity contribution is 7.80. The van der Waals surface area contributed by atoms with Crippen LogP contribution in [0, 0.1) is 0 Å². The summed E-state index contributed by atoms with van der Waals surface area (Å²) in [6.45, 7) is 0.445. The third kappa shape index (κ3) is 4.82. The van der Waals surface area contributed by atoms with E-state index >= 15 is 0 Å². The van der Waals surface area contributed by atoms with Gasteiger partial charge in [-0.3, -0.25) is 4.79 Å². The van der Waals surface area contributed by atoms with Crippen LogP contribution in [-0.4, -0.2) is 43.2 Å². The van der Waals surface area contributed by atoms with Gasteiger partial charge in [0, 0.05) is 38.5 Å². The fourth-order valence-electron chi connectivity index (χ4n) is 1.54. The van der Waals surface area contributed by atoms with Gasteiger partial charge in [-0.1, -0.05) is 17.3 Å². The third-order valence-electron chi connectivity index (χ3n) is 2.60. The minimum absolute atomic E-state index is 0.0967. The highest BCUT2D eigenvalue weighted by atomic mass is 32.1. The van der Waals surface area contributed by atoms with Gasteiger partial charge in [-0.05, 0) is 17.7 Å². The molecule has 0 heterocycles. The second-order valence-corrected chi connectivity index (χ2v) is 4.71. The van der Waals surface area contributed by atoms with Crippen molar-refractivity contribution in [2.45, 2.75) is 6.42 Å². The molecule has 0 unspecified atom stereocenters. The van der Waals surface area contributed by atoms with Crippen LogP contribution in [0.15, 0.2) is 29.4 Å². The van der Waals surface area contributed by atoms with Crippen molar-refractivity contribution in [2.24, 2.45) is 5.16 Å². The van der Waals surface area contributed by atoms with E-state index in [0.29, 0.717) is 18.7 Å². The summed E-state index contributed by atoms with van der Waals surface area (Å²) in [6.07, 6.45) is 0.294. The highest BCUT2D eigenvalue weighted by Crippen LogP contribution is 2.12. The molecule has 1 rings (SSSR count). The van der Waals surface area contributed by atoms with Gasteiger partial charge < -0.3 is 15.4 Å². The van der Waals surface area contributed by atoms with Crippen molar-refractivity contribution in [3.8, 4) is 0 Å². The van der Waals surface area contributed by atoms with E-state index in [9.17, 15) is 4.79 Å². The number of amides is 1. The largest absolute Gasteiger partial charge is 0.410 e. The Bertz CT molecular complexity index is 444. The molecule has 5 nitrogen and oxygen atoms in total. The molecule has 0 aliphatic rings. The fourth-order valence-corrected chi connectivity index (χ4v) is 1.65. The number of thiol groups is 1. The summed E-state index contributed by atoms with van der Waals surface area (Å²) in [7, 11) is 3.92. The molecule has 0 radical (unpaired) electrons. The summed E-state index contributed by atoms with van der Waals surface area (Å²) in [5.41, 5.74) is 2.09.